The fraction of sp³-hybridized carbons (Fsp3) is 0.435. The van der Waals surface area contributed by atoms with Gasteiger partial charge in [0.2, 0.25) is 16.0 Å². The van der Waals surface area contributed by atoms with E-state index in [0.717, 1.165) is 17.0 Å². The van der Waals surface area contributed by atoms with Crippen molar-refractivity contribution in [3.8, 4) is 11.1 Å². The number of benzene rings is 2. The van der Waals surface area contributed by atoms with Crippen molar-refractivity contribution in [1.29, 1.82) is 0 Å². The Morgan fingerprint density at radius 1 is 1.17 bits per heavy atom. The van der Waals surface area contributed by atoms with E-state index in [1.807, 2.05) is 0 Å². The van der Waals surface area contributed by atoms with Gasteiger partial charge in [0.05, 0.1) is 6.04 Å². The van der Waals surface area contributed by atoms with E-state index in [9.17, 15) is 35.9 Å². The van der Waals surface area contributed by atoms with Crippen LogP contribution >= 0.6 is 0 Å². The summed E-state index contributed by atoms with van der Waals surface area (Å²) in [4.78, 5) is 13.6. The Morgan fingerprint density at radius 3 is 2.40 bits per heavy atom. The van der Waals surface area contributed by atoms with E-state index in [1.165, 1.54) is 0 Å². The quantitative estimate of drug-likeness (QED) is 0.527. The average molecular weight is 519 g/mol. The summed E-state index contributed by atoms with van der Waals surface area (Å²) in [6.07, 6.45) is -5.74. The number of aliphatic hydroxyl groups excluding tert-OH is 1. The minimum Gasteiger partial charge on any atom is -0.378 e. The number of hydrogen-bond donors (Lipinski definition) is 2. The van der Waals surface area contributed by atoms with E-state index >= 15 is 4.39 Å². The maximum absolute atomic E-state index is 15.5. The predicted molar refractivity (Wildman–Crippen MR) is 116 cm³/mol. The third kappa shape index (κ3) is 5.05. The molecule has 2 aromatic carbocycles. The minimum absolute atomic E-state index is 0.0777. The second-order valence-electron chi connectivity index (χ2n) is 8.99. The number of carbonyl (C=O) groups is 1. The van der Waals surface area contributed by atoms with Crippen molar-refractivity contribution < 1.29 is 40.3 Å². The number of rotatable bonds is 8. The van der Waals surface area contributed by atoms with Crippen LogP contribution < -0.4 is 4.72 Å². The third-order valence-corrected chi connectivity index (χ3v) is 7.57. The van der Waals surface area contributed by atoms with E-state index < -0.39 is 70.0 Å². The Balaban J connectivity index is 1.76. The molecule has 0 aromatic heterocycles. The van der Waals surface area contributed by atoms with Crippen LogP contribution in [0.1, 0.15) is 18.4 Å². The molecule has 1 aliphatic carbocycles. The second-order valence-corrected chi connectivity index (χ2v) is 10.7. The normalized spacial score (nSPS) is 22.1. The van der Waals surface area contributed by atoms with Gasteiger partial charge in [0.1, 0.15) is 11.6 Å². The fourth-order valence-electron chi connectivity index (χ4n) is 4.80. The highest BCUT2D eigenvalue weighted by atomic mass is 32.2. The van der Waals surface area contributed by atoms with Gasteiger partial charge in [0, 0.05) is 23.6 Å². The molecule has 12 heteroatoms. The molecular weight excluding hydrogens is 495 g/mol. The van der Waals surface area contributed by atoms with Gasteiger partial charge in [-0.3, -0.25) is 4.79 Å². The molecule has 2 aromatic rings. The Hall–Kier alpha value is -2.57. The summed E-state index contributed by atoms with van der Waals surface area (Å²) in [6, 6.07) is 5.76. The first kappa shape index (κ1) is 25.5. The SMILES string of the molecule is O=C(C(O)C(F)F)N1CC2(CC2)[C@H](NS(=O)(=O)CF)[C@@H]1Cc1cc(F)cc(-c2ccccc2)c1F. The van der Waals surface area contributed by atoms with Crippen LogP contribution in [-0.4, -0.2) is 61.5 Å². The molecule has 1 saturated heterocycles. The highest BCUT2D eigenvalue weighted by Crippen LogP contribution is 2.55. The lowest BCUT2D eigenvalue weighted by atomic mass is 9.91. The van der Waals surface area contributed by atoms with Crippen LogP contribution in [0.15, 0.2) is 42.5 Å². The molecule has 1 heterocycles. The van der Waals surface area contributed by atoms with Crippen molar-refractivity contribution in [3.05, 3.63) is 59.7 Å². The zero-order chi connectivity index (χ0) is 25.5. The molecule has 2 aliphatic rings. The maximum Gasteiger partial charge on any atom is 0.273 e. The van der Waals surface area contributed by atoms with E-state index in [-0.39, 0.29) is 17.7 Å². The Bertz CT molecular complexity index is 1210. The predicted octanol–water partition coefficient (Wildman–Crippen LogP) is 3.01. The Kier molecular flexibility index (Phi) is 6.91. The van der Waals surface area contributed by atoms with Gasteiger partial charge in [-0.2, -0.15) is 0 Å². The van der Waals surface area contributed by atoms with Crippen LogP contribution in [0.4, 0.5) is 22.0 Å². The molecule has 6 nitrogen and oxygen atoms in total. The van der Waals surface area contributed by atoms with Crippen LogP contribution in [0, 0.1) is 17.0 Å². The molecule has 2 fully saturated rings. The van der Waals surface area contributed by atoms with Gasteiger partial charge < -0.3 is 10.0 Å². The van der Waals surface area contributed by atoms with Crippen molar-refractivity contribution in [1.82, 2.24) is 9.62 Å². The molecule has 2 N–H and O–H groups in total. The van der Waals surface area contributed by atoms with Gasteiger partial charge >= 0.3 is 0 Å². The van der Waals surface area contributed by atoms with Gasteiger partial charge in [-0.05, 0) is 42.5 Å². The molecule has 1 saturated carbocycles. The van der Waals surface area contributed by atoms with E-state index in [0.29, 0.717) is 18.4 Å². The Labute approximate surface area is 198 Å². The highest BCUT2D eigenvalue weighted by Gasteiger charge is 2.62. The molecule has 0 bridgehead atoms. The summed E-state index contributed by atoms with van der Waals surface area (Å²) in [5, 5.41) is 9.71. The van der Waals surface area contributed by atoms with Gasteiger partial charge in [0.15, 0.2) is 6.10 Å². The molecular formula is C23H23F5N2O4S. The van der Waals surface area contributed by atoms with Gasteiger partial charge in [-0.15, -0.1) is 0 Å². The molecule has 3 atom stereocenters. The second kappa shape index (κ2) is 9.47. The molecule has 1 aliphatic heterocycles. The Morgan fingerprint density at radius 2 is 1.83 bits per heavy atom. The maximum atomic E-state index is 15.5. The lowest BCUT2D eigenvalue weighted by Crippen LogP contribution is -2.52. The summed E-state index contributed by atoms with van der Waals surface area (Å²) in [5.74, 6) is -2.99. The van der Waals surface area contributed by atoms with E-state index in [4.69, 9.17) is 0 Å². The molecule has 1 amide bonds. The van der Waals surface area contributed by atoms with Crippen molar-refractivity contribution >= 4 is 15.9 Å². The molecule has 35 heavy (non-hydrogen) atoms. The summed E-state index contributed by atoms with van der Waals surface area (Å²) in [7, 11) is -4.45. The van der Waals surface area contributed by atoms with Crippen molar-refractivity contribution in [2.45, 2.75) is 43.9 Å². The largest absolute Gasteiger partial charge is 0.378 e. The van der Waals surface area contributed by atoms with Gasteiger partial charge in [0.25, 0.3) is 12.3 Å². The minimum atomic E-state index is -4.45. The molecule has 1 unspecified atom stereocenters. The highest BCUT2D eigenvalue weighted by molar-refractivity contribution is 7.89. The summed E-state index contributed by atoms with van der Waals surface area (Å²) >= 11 is 0. The number of carbonyl (C=O) groups excluding carboxylic acids is 1. The number of sulfonamides is 1. The van der Waals surface area contributed by atoms with Crippen molar-refractivity contribution in [3.63, 3.8) is 0 Å². The number of hydrogen-bond acceptors (Lipinski definition) is 4. The fourth-order valence-corrected chi connectivity index (χ4v) is 5.65. The summed E-state index contributed by atoms with van der Waals surface area (Å²) < 4.78 is 95.6. The first-order valence-corrected chi connectivity index (χ1v) is 12.5. The topological polar surface area (TPSA) is 86.7 Å². The number of aliphatic hydroxyl groups is 1. The number of nitrogens with zero attached hydrogens (tertiary/aromatic N) is 1. The number of halogens is 5. The molecule has 190 valence electrons. The zero-order valence-electron chi connectivity index (χ0n) is 18.3. The van der Waals surface area contributed by atoms with Crippen LogP contribution in [0.25, 0.3) is 11.1 Å². The van der Waals surface area contributed by atoms with E-state index in [1.54, 1.807) is 30.3 Å². The van der Waals surface area contributed by atoms with Crippen LogP contribution in [0.2, 0.25) is 0 Å². The van der Waals surface area contributed by atoms with Crippen LogP contribution in [-0.2, 0) is 21.2 Å². The van der Waals surface area contributed by atoms with E-state index in [2.05, 4.69) is 4.72 Å². The van der Waals surface area contributed by atoms with Crippen molar-refractivity contribution in [2.24, 2.45) is 5.41 Å². The van der Waals surface area contributed by atoms with Crippen molar-refractivity contribution in [2.75, 3.05) is 12.6 Å². The number of nitrogens with one attached hydrogen (secondary N) is 1. The third-order valence-electron chi connectivity index (χ3n) is 6.67. The standard InChI is InChI=1S/C23H23F5N2O4S/c24-12-35(33,34)29-20-17(30(11-23(20)6-7-23)22(32)19(31)21(27)28)9-14-8-15(25)10-16(18(14)26)13-4-2-1-3-5-13/h1-5,8,10,17,19-21,29,31H,6-7,9,11-12H2/t17-,19?,20+/m0/s1. The first-order valence-electron chi connectivity index (χ1n) is 10.8. The monoisotopic (exact) mass is 518 g/mol. The lowest BCUT2D eigenvalue weighted by Gasteiger charge is -2.30. The number of amides is 1. The average Bonchev–Trinajstić information content (AvgIpc) is 3.56. The lowest BCUT2D eigenvalue weighted by molar-refractivity contribution is -0.149. The van der Waals surface area contributed by atoms with Gasteiger partial charge in [-0.1, -0.05) is 30.3 Å². The van der Waals surface area contributed by atoms with Crippen LogP contribution in [0.3, 0.4) is 0 Å². The molecule has 0 radical (unpaired) electrons. The summed E-state index contributed by atoms with van der Waals surface area (Å²) in [5.41, 5.74) is -0.811. The smallest absolute Gasteiger partial charge is 0.273 e. The first-order chi connectivity index (χ1) is 16.5. The molecule has 4 rings (SSSR count). The van der Waals surface area contributed by atoms with Crippen LogP contribution in [0.5, 0.6) is 0 Å². The van der Waals surface area contributed by atoms with Gasteiger partial charge in [-0.25, -0.2) is 35.1 Å². The zero-order valence-corrected chi connectivity index (χ0v) is 19.1. The summed E-state index contributed by atoms with van der Waals surface area (Å²) in [6.45, 7) is -0.192. The molecule has 1 spiro atoms. The number of likely N-dealkylation sites (tertiary alicyclic amines) is 1. The number of alkyl halides is 3.